The lowest BCUT2D eigenvalue weighted by Gasteiger charge is -2.21. The molecule has 2 N–H and O–H groups in total. The SMILES string of the molecule is CC(C)(CO)CNC(=O)Cc1ccc(F)cc1F. The Hall–Kier alpha value is -1.49. The molecule has 1 aromatic carbocycles. The smallest absolute Gasteiger partial charge is 0.224 e. The van der Waals surface area contributed by atoms with E-state index in [1.165, 1.54) is 6.07 Å². The second kappa shape index (κ2) is 5.91. The molecule has 0 bridgehead atoms. The fourth-order valence-corrected chi connectivity index (χ4v) is 1.29. The zero-order valence-electron chi connectivity index (χ0n) is 10.5. The van der Waals surface area contributed by atoms with Crippen LogP contribution >= 0.6 is 0 Å². The second-order valence-electron chi connectivity index (χ2n) is 5.01. The van der Waals surface area contributed by atoms with Crippen LogP contribution in [0.15, 0.2) is 18.2 Å². The highest BCUT2D eigenvalue weighted by molar-refractivity contribution is 5.78. The van der Waals surface area contributed by atoms with E-state index in [9.17, 15) is 13.6 Å². The Morgan fingerprint density at radius 2 is 2.06 bits per heavy atom. The molecule has 5 heteroatoms. The average molecular weight is 257 g/mol. The van der Waals surface area contributed by atoms with Crippen molar-refractivity contribution in [2.45, 2.75) is 20.3 Å². The fourth-order valence-electron chi connectivity index (χ4n) is 1.29. The van der Waals surface area contributed by atoms with E-state index in [1.54, 1.807) is 13.8 Å². The predicted molar refractivity (Wildman–Crippen MR) is 63.9 cm³/mol. The number of nitrogens with one attached hydrogen (secondary N) is 1. The minimum Gasteiger partial charge on any atom is -0.396 e. The van der Waals surface area contributed by atoms with Gasteiger partial charge in [-0.25, -0.2) is 8.78 Å². The van der Waals surface area contributed by atoms with Crippen LogP contribution in [0.3, 0.4) is 0 Å². The molecule has 1 rings (SSSR count). The van der Waals surface area contributed by atoms with Crippen LogP contribution in [0.25, 0.3) is 0 Å². The number of carbonyl (C=O) groups excluding carboxylic acids is 1. The highest BCUT2D eigenvalue weighted by Crippen LogP contribution is 2.12. The number of hydrogen-bond acceptors (Lipinski definition) is 2. The molecule has 0 aliphatic rings. The van der Waals surface area contributed by atoms with Gasteiger partial charge < -0.3 is 10.4 Å². The summed E-state index contributed by atoms with van der Waals surface area (Å²) in [5, 5.41) is 11.6. The van der Waals surface area contributed by atoms with Crippen molar-refractivity contribution in [1.29, 1.82) is 0 Å². The molecular formula is C13H17F2NO2. The van der Waals surface area contributed by atoms with E-state index >= 15 is 0 Å². The normalized spacial score (nSPS) is 11.4. The van der Waals surface area contributed by atoms with E-state index in [1.807, 2.05) is 0 Å². The van der Waals surface area contributed by atoms with Gasteiger partial charge in [-0.05, 0) is 11.6 Å². The molecule has 0 heterocycles. The van der Waals surface area contributed by atoms with Gasteiger partial charge >= 0.3 is 0 Å². The first-order valence-corrected chi connectivity index (χ1v) is 5.65. The first kappa shape index (κ1) is 14.6. The van der Waals surface area contributed by atoms with Gasteiger partial charge in [-0.3, -0.25) is 4.79 Å². The third-order valence-corrected chi connectivity index (χ3v) is 2.56. The van der Waals surface area contributed by atoms with Crippen LogP contribution in [0.2, 0.25) is 0 Å². The van der Waals surface area contributed by atoms with E-state index in [0.29, 0.717) is 6.54 Å². The number of halogens is 2. The summed E-state index contributed by atoms with van der Waals surface area (Å²) in [5.74, 6) is -1.76. The van der Waals surface area contributed by atoms with Crippen molar-refractivity contribution in [3.05, 3.63) is 35.4 Å². The van der Waals surface area contributed by atoms with Gasteiger partial charge in [0.1, 0.15) is 11.6 Å². The summed E-state index contributed by atoms with van der Waals surface area (Å²) in [6.07, 6.45) is -0.145. The number of rotatable bonds is 5. The number of aliphatic hydroxyl groups is 1. The maximum absolute atomic E-state index is 13.3. The zero-order valence-corrected chi connectivity index (χ0v) is 10.5. The number of carbonyl (C=O) groups is 1. The van der Waals surface area contributed by atoms with Gasteiger partial charge in [0.05, 0.1) is 6.42 Å². The molecule has 0 radical (unpaired) electrons. The largest absolute Gasteiger partial charge is 0.396 e. The number of aliphatic hydroxyl groups excluding tert-OH is 1. The molecule has 0 aliphatic carbocycles. The maximum atomic E-state index is 13.3. The van der Waals surface area contributed by atoms with Crippen molar-refractivity contribution in [1.82, 2.24) is 5.32 Å². The number of benzene rings is 1. The van der Waals surface area contributed by atoms with E-state index < -0.39 is 17.0 Å². The highest BCUT2D eigenvalue weighted by Gasteiger charge is 2.18. The highest BCUT2D eigenvalue weighted by atomic mass is 19.1. The Labute approximate surface area is 105 Å². The summed E-state index contributed by atoms with van der Waals surface area (Å²) < 4.78 is 26.0. The number of hydrogen-bond donors (Lipinski definition) is 2. The van der Waals surface area contributed by atoms with Crippen LogP contribution in [-0.2, 0) is 11.2 Å². The Bertz CT molecular complexity index is 433. The van der Waals surface area contributed by atoms with Crippen LogP contribution in [0.1, 0.15) is 19.4 Å². The molecule has 1 aromatic rings. The Kier molecular flexibility index (Phi) is 4.78. The van der Waals surface area contributed by atoms with Crippen molar-refractivity contribution in [2.75, 3.05) is 13.2 Å². The Morgan fingerprint density at radius 1 is 1.39 bits per heavy atom. The van der Waals surface area contributed by atoms with Crippen molar-refractivity contribution in [3.8, 4) is 0 Å². The molecule has 0 unspecified atom stereocenters. The van der Waals surface area contributed by atoms with E-state index in [2.05, 4.69) is 5.32 Å². The lowest BCUT2D eigenvalue weighted by Crippen LogP contribution is -2.36. The van der Waals surface area contributed by atoms with Crippen LogP contribution in [-0.4, -0.2) is 24.2 Å². The quantitative estimate of drug-likeness (QED) is 0.842. The van der Waals surface area contributed by atoms with Gasteiger partial charge in [-0.15, -0.1) is 0 Å². The number of amides is 1. The second-order valence-corrected chi connectivity index (χ2v) is 5.01. The summed E-state index contributed by atoms with van der Waals surface area (Å²) in [5.41, 5.74) is -0.271. The summed E-state index contributed by atoms with van der Waals surface area (Å²) in [7, 11) is 0. The molecule has 0 fully saturated rings. The summed E-state index contributed by atoms with van der Waals surface area (Å²) >= 11 is 0. The topological polar surface area (TPSA) is 49.3 Å². The van der Waals surface area contributed by atoms with Crippen molar-refractivity contribution >= 4 is 5.91 Å². The van der Waals surface area contributed by atoms with Crippen molar-refractivity contribution in [3.63, 3.8) is 0 Å². The first-order chi connectivity index (χ1) is 8.34. The molecule has 0 saturated carbocycles. The van der Waals surface area contributed by atoms with Gasteiger partial charge in [0, 0.05) is 24.6 Å². The minimum atomic E-state index is -0.730. The standard InChI is InChI=1S/C13H17F2NO2/c1-13(2,8-17)7-16-12(18)5-9-3-4-10(14)6-11(9)15/h3-4,6,17H,5,7-8H2,1-2H3,(H,16,18). The van der Waals surface area contributed by atoms with Gasteiger partial charge in [0.25, 0.3) is 0 Å². The lowest BCUT2D eigenvalue weighted by molar-refractivity contribution is -0.121. The van der Waals surface area contributed by atoms with Crippen LogP contribution in [0.5, 0.6) is 0 Å². The predicted octanol–water partition coefficient (Wildman–Crippen LogP) is 1.64. The molecule has 0 aromatic heterocycles. The molecule has 100 valence electrons. The maximum Gasteiger partial charge on any atom is 0.224 e. The van der Waals surface area contributed by atoms with Gasteiger partial charge in [-0.2, -0.15) is 0 Å². The molecule has 18 heavy (non-hydrogen) atoms. The van der Waals surface area contributed by atoms with Gasteiger partial charge in [0.2, 0.25) is 5.91 Å². The fraction of sp³-hybridized carbons (Fsp3) is 0.462. The van der Waals surface area contributed by atoms with Crippen LogP contribution in [0.4, 0.5) is 8.78 Å². The molecule has 3 nitrogen and oxygen atoms in total. The van der Waals surface area contributed by atoms with Crippen LogP contribution < -0.4 is 5.32 Å². The minimum absolute atomic E-state index is 0.0574. The van der Waals surface area contributed by atoms with E-state index in [4.69, 9.17) is 5.11 Å². The molecule has 0 atom stereocenters. The molecular weight excluding hydrogens is 240 g/mol. The lowest BCUT2D eigenvalue weighted by atomic mass is 9.95. The molecule has 0 saturated heterocycles. The van der Waals surface area contributed by atoms with Crippen molar-refractivity contribution in [2.24, 2.45) is 5.41 Å². The summed E-state index contributed by atoms with van der Waals surface area (Å²) in [6, 6.07) is 3.12. The average Bonchev–Trinajstić information content (AvgIpc) is 2.30. The van der Waals surface area contributed by atoms with Gasteiger partial charge in [-0.1, -0.05) is 19.9 Å². The van der Waals surface area contributed by atoms with Gasteiger partial charge in [0.15, 0.2) is 0 Å². The van der Waals surface area contributed by atoms with E-state index in [0.717, 1.165) is 12.1 Å². The third kappa shape index (κ3) is 4.41. The van der Waals surface area contributed by atoms with E-state index in [-0.39, 0.29) is 24.5 Å². The molecule has 1 amide bonds. The molecule has 0 aliphatic heterocycles. The first-order valence-electron chi connectivity index (χ1n) is 5.65. The summed E-state index contributed by atoms with van der Waals surface area (Å²) in [4.78, 5) is 11.6. The Morgan fingerprint density at radius 3 is 2.61 bits per heavy atom. The summed E-state index contributed by atoms with van der Waals surface area (Å²) in [6.45, 7) is 3.83. The van der Waals surface area contributed by atoms with Crippen LogP contribution in [0, 0.1) is 17.0 Å². The van der Waals surface area contributed by atoms with Crippen molar-refractivity contribution < 1.29 is 18.7 Å². The molecule has 0 spiro atoms. The monoisotopic (exact) mass is 257 g/mol. The zero-order chi connectivity index (χ0) is 13.8. The Balaban J connectivity index is 2.55. The third-order valence-electron chi connectivity index (χ3n) is 2.56.